The Bertz CT molecular complexity index is 784. The zero-order valence-electron chi connectivity index (χ0n) is 17.2. The first-order valence-corrected chi connectivity index (χ1v) is 10.8. The van der Waals surface area contributed by atoms with Crippen LogP contribution in [-0.2, 0) is 9.53 Å². The van der Waals surface area contributed by atoms with Gasteiger partial charge in [-0.1, -0.05) is 35.9 Å². The second-order valence-electron chi connectivity index (χ2n) is 8.31. The maximum atomic E-state index is 12.9. The highest BCUT2D eigenvalue weighted by Gasteiger charge is 2.34. The van der Waals surface area contributed by atoms with Crippen molar-refractivity contribution in [3.8, 4) is 0 Å². The van der Waals surface area contributed by atoms with Crippen LogP contribution in [-0.4, -0.2) is 48.6 Å². The van der Waals surface area contributed by atoms with Crippen molar-refractivity contribution in [1.29, 1.82) is 0 Å². The van der Waals surface area contributed by atoms with Crippen molar-refractivity contribution in [3.63, 3.8) is 0 Å². The lowest BCUT2D eigenvalue weighted by Gasteiger charge is -2.34. The molecule has 1 aliphatic carbocycles. The predicted molar refractivity (Wildman–Crippen MR) is 114 cm³/mol. The molecule has 2 fully saturated rings. The molecule has 1 aliphatic heterocycles. The minimum Gasteiger partial charge on any atom is -0.379 e. The maximum Gasteiger partial charge on any atom is 0.220 e. The van der Waals surface area contributed by atoms with E-state index < -0.39 is 0 Å². The van der Waals surface area contributed by atoms with E-state index in [2.05, 4.69) is 52.5 Å². The number of aromatic nitrogens is 1. The summed E-state index contributed by atoms with van der Waals surface area (Å²) in [5.74, 6) is 1.12. The van der Waals surface area contributed by atoms with Gasteiger partial charge in [-0.15, -0.1) is 0 Å². The molecule has 1 aromatic heterocycles. The fourth-order valence-corrected chi connectivity index (χ4v) is 4.27. The minimum atomic E-state index is 0.135. The molecule has 1 saturated carbocycles. The number of amides is 1. The number of hydrogen-bond acceptors (Lipinski definition) is 4. The summed E-state index contributed by atoms with van der Waals surface area (Å²) in [6, 6.07) is 12.9. The van der Waals surface area contributed by atoms with Gasteiger partial charge in [-0.2, -0.15) is 0 Å². The predicted octanol–water partition coefficient (Wildman–Crippen LogP) is 3.46. The van der Waals surface area contributed by atoms with Gasteiger partial charge in [0.2, 0.25) is 5.91 Å². The molecular formula is C24H31N3O2. The zero-order chi connectivity index (χ0) is 20.1. The van der Waals surface area contributed by atoms with Gasteiger partial charge in [-0.3, -0.25) is 14.7 Å². The molecule has 4 rings (SSSR count). The molecule has 1 saturated heterocycles. The third kappa shape index (κ3) is 5.43. The molecule has 0 bridgehead atoms. The van der Waals surface area contributed by atoms with Crippen molar-refractivity contribution >= 4 is 5.91 Å². The number of nitrogens with one attached hydrogen (secondary N) is 1. The average Bonchev–Trinajstić information content (AvgIpc) is 3.60. The van der Waals surface area contributed by atoms with Crippen LogP contribution in [0.4, 0.5) is 0 Å². The molecule has 2 aromatic rings. The number of rotatable bonds is 8. The quantitative estimate of drug-likeness (QED) is 0.746. The van der Waals surface area contributed by atoms with Gasteiger partial charge >= 0.3 is 0 Å². The Balaban J connectivity index is 1.40. The molecule has 154 valence electrons. The Morgan fingerprint density at radius 1 is 1.17 bits per heavy atom. The van der Waals surface area contributed by atoms with Gasteiger partial charge < -0.3 is 10.1 Å². The van der Waals surface area contributed by atoms with Crippen LogP contribution in [0.2, 0.25) is 0 Å². The average molecular weight is 394 g/mol. The second-order valence-corrected chi connectivity index (χ2v) is 8.31. The SMILES string of the molecule is Cc1ccc(C(CC(=O)NCC(c2cccnc2)N2CCOCC2)C2CC2)cc1. The highest BCUT2D eigenvalue weighted by atomic mass is 16.5. The van der Waals surface area contributed by atoms with Crippen LogP contribution >= 0.6 is 0 Å². The lowest BCUT2D eigenvalue weighted by atomic mass is 9.90. The van der Waals surface area contributed by atoms with Crippen molar-refractivity contribution in [2.45, 2.75) is 38.1 Å². The Kier molecular flexibility index (Phi) is 6.57. The summed E-state index contributed by atoms with van der Waals surface area (Å²) in [5.41, 5.74) is 3.70. The lowest BCUT2D eigenvalue weighted by molar-refractivity contribution is -0.122. The number of aryl methyl sites for hydroxylation is 1. The summed E-state index contributed by atoms with van der Waals surface area (Å²) in [4.78, 5) is 19.5. The second kappa shape index (κ2) is 9.51. The van der Waals surface area contributed by atoms with Crippen molar-refractivity contribution in [3.05, 3.63) is 65.5 Å². The highest BCUT2D eigenvalue weighted by molar-refractivity contribution is 5.77. The third-order valence-electron chi connectivity index (χ3n) is 6.15. The van der Waals surface area contributed by atoms with Crippen LogP contribution in [0.25, 0.3) is 0 Å². The van der Waals surface area contributed by atoms with E-state index in [1.807, 2.05) is 12.3 Å². The molecule has 5 heteroatoms. The number of morpholine rings is 1. The number of hydrogen-bond donors (Lipinski definition) is 1. The van der Waals surface area contributed by atoms with Crippen LogP contribution < -0.4 is 5.32 Å². The molecule has 0 radical (unpaired) electrons. The molecule has 2 heterocycles. The van der Waals surface area contributed by atoms with Gasteiger partial charge in [0.1, 0.15) is 0 Å². The summed E-state index contributed by atoms with van der Waals surface area (Å²) in [6.07, 6.45) is 6.73. The maximum absolute atomic E-state index is 12.9. The van der Waals surface area contributed by atoms with E-state index in [0.717, 1.165) is 31.9 Å². The van der Waals surface area contributed by atoms with Gasteiger partial charge in [-0.05, 0) is 48.8 Å². The van der Waals surface area contributed by atoms with Crippen molar-refractivity contribution < 1.29 is 9.53 Å². The standard InChI is InChI=1S/C24H31N3O2/c1-18-4-6-19(7-5-18)22(20-8-9-20)15-24(28)26-17-23(21-3-2-10-25-16-21)27-11-13-29-14-12-27/h2-7,10,16,20,22-23H,8-9,11-15,17H2,1H3,(H,26,28). The number of ether oxygens (including phenoxy) is 1. The Labute approximate surface area is 173 Å². The largest absolute Gasteiger partial charge is 0.379 e. The summed E-state index contributed by atoms with van der Waals surface area (Å²) in [7, 11) is 0. The first kappa shape index (κ1) is 20.0. The van der Waals surface area contributed by atoms with Crippen LogP contribution in [0, 0.1) is 12.8 Å². The highest BCUT2D eigenvalue weighted by Crippen LogP contribution is 2.44. The van der Waals surface area contributed by atoms with Gasteiger partial charge in [0, 0.05) is 38.4 Å². The Morgan fingerprint density at radius 2 is 1.93 bits per heavy atom. The van der Waals surface area contributed by atoms with Crippen molar-refractivity contribution in [1.82, 2.24) is 15.2 Å². The molecule has 2 atom stereocenters. The van der Waals surface area contributed by atoms with E-state index in [9.17, 15) is 4.79 Å². The molecule has 1 aromatic carbocycles. The van der Waals surface area contributed by atoms with Gasteiger partial charge in [0.05, 0.1) is 19.3 Å². The molecule has 2 unspecified atom stereocenters. The van der Waals surface area contributed by atoms with E-state index in [4.69, 9.17) is 4.74 Å². The summed E-state index contributed by atoms with van der Waals surface area (Å²) in [6.45, 7) is 5.94. The first-order chi connectivity index (χ1) is 14.2. The van der Waals surface area contributed by atoms with Crippen LogP contribution in [0.1, 0.15) is 47.9 Å². The van der Waals surface area contributed by atoms with Gasteiger partial charge in [0.15, 0.2) is 0 Å². The third-order valence-corrected chi connectivity index (χ3v) is 6.15. The molecule has 5 nitrogen and oxygen atoms in total. The van der Waals surface area contributed by atoms with E-state index in [1.165, 1.54) is 24.0 Å². The summed E-state index contributed by atoms with van der Waals surface area (Å²) in [5, 5.41) is 3.22. The molecule has 1 N–H and O–H groups in total. The summed E-state index contributed by atoms with van der Waals surface area (Å²) >= 11 is 0. The minimum absolute atomic E-state index is 0.135. The number of pyridine rings is 1. The van der Waals surface area contributed by atoms with E-state index in [0.29, 0.717) is 24.8 Å². The Hall–Kier alpha value is -2.24. The smallest absolute Gasteiger partial charge is 0.220 e. The fourth-order valence-electron chi connectivity index (χ4n) is 4.27. The van der Waals surface area contributed by atoms with Crippen molar-refractivity contribution in [2.75, 3.05) is 32.8 Å². The normalized spacial score (nSPS) is 19.5. The first-order valence-electron chi connectivity index (χ1n) is 10.8. The van der Waals surface area contributed by atoms with Crippen LogP contribution in [0.15, 0.2) is 48.8 Å². The molecule has 0 spiro atoms. The van der Waals surface area contributed by atoms with E-state index in [-0.39, 0.29) is 11.9 Å². The van der Waals surface area contributed by atoms with Gasteiger partial charge in [-0.25, -0.2) is 0 Å². The molecule has 1 amide bonds. The summed E-state index contributed by atoms with van der Waals surface area (Å²) < 4.78 is 5.51. The number of benzene rings is 1. The number of carbonyl (C=O) groups excluding carboxylic acids is 1. The molecular weight excluding hydrogens is 362 g/mol. The molecule has 29 heavy (non-hydrogen) atoms. The monoisotopic (exact) mass is 393 g/mol. The lowest BCUT2D eigenvalue weighted by Crippen LogP contribution is -2.44. The van der Waals surface area contributed by atoms with Crippen LogP contribution in [0.5, 0.6) is 0 Å². The van der Waals surface area contributed by atoms with E-state index in [1.54, 1.807) is 6.20 Å². The van der Waals surface area contributed by atoms with Crippen molar-refractivity contribution in [2.24, 2.45) is 5.92 Å². The zero-order valence-corrected chi connectivity index (χ0v) is 17.2. The molecule has 2 aliphatic rings. The number of nitrogens with zero attached hydrogens (tertiary/aromatic N) is 2. The van der Waals surface area contributed by atoms with Crippen LogP contribution in [0.3, 0.4) is 0 Å². The van der Waals surface area contributed by atoms with E-state index >= 15 is 0 Å². The fraction of sp³-hybridized carbons (Fsp3) is 0.500. The number of carbonyl (C=O) groups is 1. The topological polar surface area (TPSA) is 54.5 Å². The van der Waals surface area contributed by atoms with Gasteiger partial charge in [0.25, 0.3) is 0 Å². The Morgan fingerprint density at radius 3 is 2.59 bits per heavy atom.